The molecule has 1 fully saturated rings. The van der Waals surface area contributed by atoms with Crippen LogP contribution >= 0.6 is 0 Å². The molecule has 1 atom stereocenters. The van der Waals surface area contributed by atoms with Crippen LogP contribution in [0.25, 0.3) is 33.1 Å². The quantitative estimate of drug-likeness (QED) is 0.413. The minimum absolute atomic E-state index is 0.00443. The van der Waals surface area contributed by atoms with E-state index in [4.69, 9.17) is 0 Å². The number of H-pyrrole nitrogens is 2. The van der Waals surface area contributed by atoms with Crippen molar-refractivity contribution in [2.45, 2.75) is 12.8 Å². The third-order valence-electron chi connectivity index (χ3n) is 7.17. The molecule has 7 heteroatoms. The van der Waals surface area contributed by atoms with Gasteiger partial charge in [-0.15, -0.1) is 0 Å². The van der Waals surface area contributed by atoms with Crippen molar-refractivity contribution in [3.63, 3.8) is 0 Å². The minimum Gasteiger partial charge on any atom is -0.354 e. The summed E-state index contributed by atoms with van der Waals surface area (Å²) in [4.78, 5) is 25.3. The van der Waals surface area contributed by atoms with Gasteiger partial charge in [-0.3, -0.25) is 9.89 Å². The fourth-order valence-corrected chi connectivity index (χ4v) is 4.97. The van der Waals surface area contributed by atoms with Crippen molar-refractivity contribution in [1.82, 2.24) is 25.1 Å². The van der Waals surface area contributed by atoms with Crippen LogP contribution in [0.5, 0.6) is 0 Å². The number of anilines is 1. The zero-order valence-corrected chi connectivity index (χ0v) is 20.0. The fourth-order valence-electron chi connectivity index (χ4n) is 4.97. The average Bonchev–Trinajstić information content (AvgIpc) is 3.30. The zero-order valence-electron chi connectivity index (χ0n) is 20.0. The van der Waals surface area contributed by atoms with Gasteiger partial charge in [0.2, 0.25) is 0 Å². The van der Waals surface area contributed by atoms with Crippen molar-refractivity contribution < 1.29 is 0 Å². The summed E-state index contributed by atoms with van der Waals surface area (Å²) in [5.74, 6) is 0.978. The number of nitrogens with zero attached hydrogens (tertiary/aromatic N) is 4. The first-order valence-corrected chi connectivity index (χ1v) is 12.1. The molecule has 176 valence electrons. The van der Waals surface area contributed by atoms with Gasteiger partial charge < -0.3 is 14.8 Å². The van der Waals surface area contributed by atoms with Crippen molar-refractivity contribution >= 4 is 27.6 Å². The molecular formula is C28H28N6O. The lowest BCUT2D eigenvalue weighted by Gasteiger charge is -2.33. The number of aromatic nitrogens is 4. The number of rotatable bonds is 4. The standard InChI is InChI=1S/C28H28N6O/c1-18(19-6-4-3-5-7-19)22-14-21-15-23-25(17-24(21)30-28(22)35)31-32-27(23)20-8-9-29-26(16-20)34-12-10-33(2)11-13-34/h3-9,14-18H,10-13H2,1-2H3,(H,30,35)(H,31,32). The third-order valence-corrected chi connectivity index (χ3v) is 7.17. The first-order chi connectivity index (χ1) is 17.1. The molecule has 1 saturated heterocycles. The number of hydrogen-bond donors (Lipinski definition) is 2. The van der Waals surface area contributed by atoms with E-state index >= 15 is 0 Å². The molecule has 1 aliphatic heterocycles. The van der Waals surface area contributed by atoms with Gasteiger partial charge in [0.05, 0.1) is 11.0 Å². The normalized spacial score (nSPS) is 15.7. The van der Waals surface area contributed by atoms with Crippen molar-refractivity contribution in [3.8, 4) is 11.3 Å². The number of benzene rings is 2. The van der Waals surface area contributed by atoms with Gasteiger partial charge in [-0.25, -0.2) is 4.98 Å². The van der Waals surface area contributed by atoms with Crippen LogP contribution in [0.3, 0.4) is 0 Å². The Kier molecular flexibility index (Phi) is 5.34. The summed E-state index contributed by atoms with van der Waals surface area (Å²) in [5.41, 5.74) is 5.44. The largest absolute Gasteiger partial charge is 0.354 e. The van der Waals surface area contributed by atoms with Crippen molar-refractivity contribution in [1.29, 1.82) is 0 Å². The van der Waals surface area contributed by atoms with Gasteiger partial charge in [0.1, 0.15) is 11.5 Å². The van der Waals surface area contributed by atoms with Gasteiger partial charge in [-0.2, -0.15) is 5.10 Å². The summed E-state index contributed by atoms with van der Waals surface area (Å²) >= 11 is 0. The van der Waals surface area contributed by atoms with Crippen LogP contribution in [-0.2, 0) is 0 Å². The zero-order chi connectivity index (χ0) is 23.9. The molecule has 2 N–H and O–H groups in total. The Bertz CT molecular complexity index is 1560. The first kappa shape index (κ1) is 21.6. The van der Waals surface area contributed by atoms with Crippen molar-refractivity contribution in [3.05, 3.63) is 88.3 Å². The van der Waals surface area contributed by atoms with Crippen LogP contribution < -0.4 is 10.5 Å². The van der Waals surface area contributed by atoms with Crippen LogP contribution in [0.4, 0.5) is 5.82 Å². The second-order valence-electron chi connectivity index (χ2n) is 9.44. The smallest absolute Gasteiger partial charge is 0.252 e. The van der Waals surface area contributed by atoms with Crippen LogP contribution in [0.1, 0.15) is 24.0 Å². The highest BCUT2D eigenvalue weighted by atomic mass is 16.1. The Morgan fingerprint density at radius 1 is 0.943 bits per heavy atom. The predicted octanol–water partition coefficient (Wildman–Crippen LogP) is 4.37. The van der Waals surface area contributed by atoms with Crippen LogP contribution in [0.15, 0.2) is 71.7 Å². The molecule has 5 aromatic rings. The Balaban J connectivity index is 1.41. The molecule has 0 spiro atoms. The summed E-state index contributed by atoms with van der Waals surface area (Å²) in [6.45, 7) is 6.07. The molecule has 0 saturated carbocycles. The Morgan fingerprint density at radius 3 is 2.54 bits per heavy atom. The molecule has 7 nitrogen and oxygen atoms in total. The fraction of sp³-hybridized carbons (Fsp3) is 0.250. The Morgan fingerprint density at radius 2 is 1.74 bits per heavy atom. The highest BCUT2D eigenvalue weighted by Gasteiger charge is 2.18. The maximum atomic E-state index is 12.9. The molecule has 6 rings (SSSR count). The van der Waals surface area contributed by atoms with Gasteiger partial charge in [0, 0.05) is 54.8 Å². The van der Waals surface area contributed by atoms with E-state index in [1.807, 2.05) is 42.6 Å². The van der Waals surface area contributed by atoms with Gasteiger partial charge in [-0.05, 0) is 48.3 Å². The number of aromatic amines is 2. The molecule has 1 unspecified atom stereocenters. The molecule has 0 aliphatic carbocycles. The molecule has 2 aromatic carbocycles. The number of pyridine rings is 2. The molecule has 0 bridgehead atoms. The number of fused-ring (bicyclic) bond motifs is 2. The van der Waals surface area contributed by atoms with E-state index in [0.717, 1.165) is 76.2 Å². The summed E-state index contributed by atoms with van der Waals surface area (Å²) in [6.07, 6.45) is 1.86. The van der Waals surface area contributed by atoms with Crippen LogP contribution in [0.2, 0.25) is 0 Å². The van der Waals surface area contributed by atoms with Crippen molar-refractivity contribution in [2.24, 2.45) is 0 Å². The van der Waals surface area contributed by atoms with E-state index < -0.39 is 0 Å². The van der Waals surface area contributed by atoms with E-state index in [9.17, 15) is 4.79 Å². The molecular weight excluding hydrogens is 436 g/mol. The van der Waals surface area contributed by atoms with Gasteiger partial charge in [0.15, 0.2) is 0 Å². The number of hydrogen-bond acceptors (Lipinski definition) is 5. The molecule has 35 heavy (non-hydrogen) atoms. The molecule has 0 amide bonds. The second kappa shape index (κ2) is 8.67. The number of piperazine rings is 1. The minimum atomic E-state index is -0.0566. The molecule has 3 aromatic heterocycles. The number of nitrogens with one attached hydrogen (secondary N) is 2. The summed E-state index contributed by atoms with van der Waals surface area (Å²) < 4.78 is 0. The second-order valence-corrected chi connectivity index (χ2v) is 9.44. The summed E-state index contributed by atoms with van der Waals surface area (Å²) in [6, 6.07) is 20.4. The first-order valence-electron chi connectivity index (χ1n) is 12.1. The van der Waals surface area contributed by atoms with Crippen LogP contribution in [0, 0.1) is 0 Å². The van der Waals surface area contributed by atoms with Crippen LogP contribution in [-0.4, -0.2) is 58.3 Å². The summed E-state index contributed by atoms with van der Waals surface area (Å²) in [5, 5.41) is 9.81. The maximum absolute atomic E-state index is 12.9. The highest BCUT2D eigenvalue weighted by Crippen LogP contribution is 2.32. The van der Waals surface area contributed by atoms with E-state index in [1.165, 1.54) is 0 Å². The van der Waals surface area contributed by atoms with E-state index in [1.54, 1.807) is 0 Å². The van der Waals surface area contributed by atoms with E-state index in [-0.39, 0.29) is 11.5 Å². The van der Waals surface area contributed by atoms with Gasteiger partial charge in [0.25, 0.3) is 5.56 Å². The van der Waals surface area contributed by atoms with Gasteiger partial charge >= 0.3 is 0 Å². The monoisotopic (exact) mass is 464 g/mol. The highest BCUT2D eigenvalue weighted by molar-refractivity contribution is 6.01. The predicted molar refractivity (Wildman–Crippen MR) is 141 cm³/mol. The van der Waals surface area contributed by atoms with E-state index in [0.29, 0.717) is 0 Å². The molecule has 0 radical (unpaired) electrons. The van der Waals surface area contributed by atoms with Gasteiger partial charge in [-0.1, -0.05) is 37.3 Å². The average molecular weight is 465 g/mol. The lowest BCUT2D eigenvalue weighted by Crippen LogP contribution is -2.44. The summed E-state index contributed by atoms with van der Waals surface area (Å²) in [7, 11) is 2.15. The Hall–Kier alpha value is -3.97. The SMILES string of the molecule is CC(c1ccccc1)c1cc2cc3c(-c4ccnc(N5CCN(C)CC5)c4)n[nH]c3cc2[nH]c1=O. The lowest BCUT2D eigenvalue weighted by atomic mass is 9.93. The van der Waals surface area contributed by atoms with E-state index in [2.05, 4.69) is 68.2 Å². The van der Waals surface area contributed by atoms with Crippen molar-refractivity contribution in [2.75, 3.05) is 38.1 Å². The Labute approximate surface area is 203 Å². The lowest BCUT2D eigenvalue weighted by molar-refractivity contribution is 0.312. The molecule has 4 heterocycles. The maximum Gasteiger partial charge on any atom is 0.252 e. The third kappa shape index (κ3) is 3.98. The molecule has 1 aliphatic rings. The topological polar surface area (TPSA) is 80.9 Å². The number of likely N-dealkylation sites (N-methyl/N-ethyl adjacent to an activating group) is 1.